The first-order valence-corrected chi connectivity index (χ1v) is 10.1. The lowest BCUT2D eigenvalue weighted by Gasteiger charge is -2.16. The molecular weight excluding hydrogens is 406 g/mol. The topological polar surface area (TPSA) is 95.6 Å². The van der Waals surface area contributed by atoms with Gasteiger partial charge in [-0.05, 0) is 42.7 Å². The Morgan fingerprint density at radius 2 is 1.73 bits per heavy atom. The van der Waals surface area contributed by atoms with Crippen LogP contribution in [-0.2, 0) is 9.59 Å². The van der Waals surface area contributed by atoms with Gasteiger partial charge in [-0.1, -0.05) is 30.7 Å². The van der Waals surface area contributed by atoms with Crippen molar-refractivity contribution in [1.29, 1.82) is 0 Å². The molecule has 0 bridgehead atoms. The van der Waals surface area contributed by atoms with E-state index in [-0.39, 0.29) is 41.4 Å². The summed E-state index contributed by atoms with van der Waals surface area (Å²) in [6, 6.07) is 11.2. The molecule has 4 amide bonds. The number of rotatable bonds is 6. The van der Waals surface area contributed by atoms with E-state index in [0.717, 1.165) is 11.3 Å². The van der Waals surface area contributed by atoms with Crippen molar-refractivity contribution in [2.45, 2.75) is 19.8 Å². The number of carbonyl (C=O) groups excluding carboxylic acids is 4. The van der Waals surface area contributed by atoms with E-state index in [2.05, 4.69) is 10.6 Å². The first-order valence-electron chi connectivity index (χ1n) is 9.71. The molecule has 2 aliphatic rings. The number of carbonyl (C=O) groups is 4. The second-order valence-electron chi connectivity index (χ2n) is 7.57. The van der Waals surface area contributed by atoms with E-state index >= 15 is 0 Å². The minimum absolute atomic E-state index is 0.0105. The van der Waals surface area contributed by atoms with Crippen LogP contribution in [0.25, 0.3) is 0 Å². The predicted molar refractivity (Wildman–Crippen MR) is 113 cm³/mol. The van der Waals surface area contributed by atoms with E-state index in [0.29, 0.717) is 22.7 Å². The molecule has 7 nitrogen and oxygen atoms in total. The highest BCUT2D eigenvalue weighted by Gasteiger charge is 2.39. The third kappa shape index (κ3) is 3.80. The van der Waals surface area contributed by atoms with Crippen molar-refractivity contribution in [2.75, 3.05) is 16.8 Å². The molecule has 30 heavy (non-hydrogen) atoms. The molecule has 1 aliphatic heterocycles. The van der Waals surface area contributed by atoms with Crippen LogP contribution in [0.4, 0.5) is 11.4 Å². The number of benzene rings is 2. The zero-order chi connectivity index (χ0) is 21.4. The molecule has 0 spiro atoms. The highest BCUT2D eigenvalue weighted by Crippen LogP contribution is 2.37. The van der Waals surface area contributed by atoms with Crippen molar-refractivity contribution in [3.8, 4) is 0 Å². The maximum atomic E-state index is 12.6. The maximum absolute atomic E-state index is 12.6. The zero-order valence-electron chi connectivity index (χ0n) is 16.3. The first-order chi connectivity index (χ1) is 14.4. The molecule has 1 fully saturated rings. The van der Waals surface area contributed by atoms with Gasteiger partial charge in [-0.2, -0.15) is 0 Å². The van der Waals surface area contributed by atoms with Gasteiger partial charge in [-0.25, -0.2) is 4.90 Å². The second kappa shape index (κ2) is 7.91. The Morgan fingerprint density at radius 1 is 1.10 bits per heavy atom. The summed E-state index contributed by atoms with van der Waals surface area (Å²) in [6.45, 7) is 2.28. The number of nitrogens with zero attached hydrogens (tertiary/aromatic N) is 1. The lowest BCUT2D eigenvalue weighted by molar-refractivity contribution is -0.122. The summed E-state index contributed by atoms with van der Waals surface area (Å²) in [5.41, 5.74) is 1.36. The van der Waals surface area contributed by atoms with E-state index in [1.54, 1.807) is 30.3 Å². The fourth-order valence-electron chi connectivity index (χ4n) is 3.52. The minimum Gasteiger partial charge on any atom is -0.355 e. The van der Waals surface area contributed by atoms with Crippen molar-refractivity contribution in [2.24, 2.45) is 11.8 Å². The number of nitrogens with one attached hydrogen (secondary N) is 2. The van der Waals surface area contributed by atoms with E-state index in [4.69, 9.17) is 11.6 Å². The summed E-state index contributed by atoms with van der Waals surface area (Å²) >= 11 is 6.31. The van der Waals surface area contributed by atoms with Crippen molar-refractivity contribution < 1.29 is 19.2 Å². The summed E-state index contributed by atoms with van der Waals surface area (Å²) in [4.78, 5) is 50.2. The average molecular weight is 426 g/mol. The van der Waals surface area contributed by atoms with Gasteiger partial charge in [-0.15, -0.1) is 0 Å². The molecule has 2 aromatic rings. The molecule has 1 aliphatic carbocycles. The standard InChI is InChI=1S/C22H20ClN3O4/c1-12-10-16(12)20(28)24-9-8-19(27)25-13-6-7-18(17(23)11-13)26-21(29)14-4-2-3-5-15(14)22(26)30/h2-7,11-12,16H,8-10H2,1H3,(H,24,28)(H,25,27). The van der Waals surface area contributed by atoms with E-state index in [1.807, 2.05) is 6.92 Å². The minimum atomic E-state index is -0.435. The Bertz CT molecular complexity index is 1030. The normalized spacial score (nSPS) is 19.5. The Morgan fingerprint density at radius 3 is 2.30 bits per heavy atom. The number of fused-ring (bicyclic) bond motifs is 1. The Kier molecular flexibility index (Phi) is 5.30. The zero-order valence-corrected chi connectivity index (χ0v) is 17.0. The van der Waals surface area contributed by atoms with Crippen molar-refractivity contribution in [3.05, 3.63) is 58.6 Å². The Hall–Kier alpha value is -3.19. The number of hydrogen-bond acceptors (Lipinski definition) is 4. The molecular formula is C22H20ClN3O4. The molecule has 1 saturated carbocycles. The molecule has 2 unspecified atom stereocenters. The Balaban J connectivity index is 1.38. The largest absolute Gasteiger partial charge is 0.355 e. The number of halogens is 1. The van der Waals surface area contributed by atoms with E-state index in [1.165, 1.54) is 12.1 Å². The van der Waals surface area contributed by atoms with E-state index in [9.17, 15) is 19.2 Å². The van der Waals surface area contributed by atoms with Gasteiger partial charge in [0.1, 0.15) is 0 Å². The van der Waals surface area contributed by atoms with Gasteiger partial charge < -0.3 is 10.6 Å². The number of hydrogen-bond donors (Lipinski definition) is 2. The fourth-order valence-corrected chi connectivity index (χ4v) is 3.78. The van der Waals surface area contributed by atoms with Gasteiger partial charge in [0.2, 0.25) is 11.8 Å². The second-order valence-corrected chi connectivity index (χ2v) is 7.97. The summed E-state index contributed by atoms with van der Waals surface area (Å²) in [6.07, 6.45) is 1.03. The molecule has 2 aromatic carbocycles. The molecule has 0 saturated heterocycles. The molecule has 4 rings (SSSR count). The van der Waals surface area contributed by atoms with Crippen molar-refractivity contribution >= 4 is 46.6 Å². The van der Waals surface area contributed by atoms with Crippen LogP contribution >= 0.6 is 11.6 Å². The van der Waals surface area contributed by atoms with Gasteiger partial charge in [0, 0.05) is 24.6 Å². The lowest BCUT2D eigenvalue weighted by Crippen LogP contribution is -2.30. The quantitative estimate of drug-likeness (QED) is 0.694. The summed E-state index contributed by atoms with van der Waals surface area (Å²) < 4.78 is 0. The lowest BCUT2D eigenvalue weighted by atomic mass is 10.1. The van der Waals surface area contributed by atoms with Crippen LogP contribution in [0.15, 0.2) is 42.5 Å². The number of amides is 4. The van der Waals surface area contributed by atoms with E-state index < -0.39 is 11.8 Å². The summed E-state index contributed by atoms with van der Waals surface area (Å²) in [7, 11) is 0. The van der Waals surface area contributed by atoms with Crippen LogP contribution in [0.2, 0.25) is 5.02 Å². The fraction of sp³-hybridized carbons (Fsp3) is 0.273. The average Bonchev–Trinajstić information content (AvgIpc) is 3.40. The molecule has 8 heteroatoms. The Labute approximate surface area is 178 Å². The van der Waals surface area contributed by atoms with Crippen molar-refractivity contribution in [3.63, 3.8) is 0 Å². The first kappa shape index (κ1) is 20.1. The van der Waals surface area contributed by atoms with Crippen LogP contribution in [-0.4, -0.2) is 30.2 Å². The molecule has 154 valence electrons. The third-order valence-corrected chi connectivity index (χ3v) is 5.67. The number of anilines is 2. The third-order valence-electron chi connectivity index (χ3n) is 5.36. The van der Waals surface area contributed by atoms with Crippen LogP contribution in [0, 0.1) is 11.8 Å². The van der Waals surface area contributed by atoms with Gasteiger partial charge in [-0.3, -0.25) is 19.2 Å². The predicted octanol–water partition coefficient (Wildman–Crippen LogP) is 3.24. The summed E-state index contributed by atoms with van der Waals surface area (Å²) in [5.74, 6) is -0.666. The summed E-state index contributed by atoms with van der Waals surface area (Å²) in [5, 5.41) is 5.63. The maximum Gasteiger partial charge on any atom is 0.266 e. The molecule has 0 aromatic heterocycles. The highest BCUT2D eigenvalue weighted by molar-refractivity contribution is 6.40. The molecule has 2 N–H and O–H groups in total. The molecule has 0 radical (unpaired) electrons. The van der Waals surface area contributed by atoms with Gasteiger partial charge in [0.15, 0.2) is 0 Å². The van der Waals surface area contributed by atoms with Crippen molar-refractivity contribution in [1.82, 2.24) is 5.32 Å². The molecule has 1 heterocycles. The van der Waals surface area contributed by atoms with Crippen LogP contribution in [0.5, 0.6) is 0 Å². The van der Waals surface area contributed by atoms with Gasteiger partial charge in [0.25, 0.3) is 11.8 Å². The van der Waals surface area contributed by atoms with Crippen LogP contribution in [0.3, 0.4) is 0 Å². The monoisotopic (exact) mass is 425 g/mol. The molecule has 2 atom stereocenters. The van der Waals surface area contributed by atoms with Crippen LogP contribution in [0.1, 0.15) is 40.5 Å². The SMILES string of the molecule is CC1CC1C(=O)NCCC(=O)Nc1ccc(N2C(=O)c3ccccc3C2=O)c(Cl)c1. The van der Waals surface area contributed by atoms with Gasteiger partial charge in [0.05, 0.1) is 21.8 Å². The van der Waals surface area contributed by atoms with Crippen LogP contribution < -0.4 is 15.5 Å². The smallest absolute Gasteiger partial charge is 0.266 e. The van der Waals surface area contributed by atoms with Gasteiger partial charge >= 0.3 is 0 Å². The number of imide groups is 1. The highest BCUT2D eigenvalue weighted by atomic mass is 35.5.